The Hall–Kier alpha value is -0.870. The molecule has 2 aliphatic carbocycles. The van der Waals surface area contributed by atoms with Gasteiger partial charge in [-0.3, -0.25) is 0 Å². The van der Waals surface area contributed by atoms with Gasteiger partial charge < -0.3 is 15.2 Å². The molecule has 0 atom stereocenters. The van der Waals surface area contributed by atoms with Gasteiger partial charge >= 0.3 is 0 Å². The monoisotopic (exact) mass is 323 g/mol. The minimum absolute atomic E-state index is 0.0312. The van der Waals surface area contributed by atoms with Crippen LogP contribution >= 0.6 is 11.3 Å². The Balaban J connectivity index is 0.000000172. The standard InChI is InChI=1S/C12H23N.C6H6O2S/c1-3-7-11(8-4-1)13-12-9-5-2-6-10-12;7-6(8)3-5-1-2-9-4-5/h11-13H,1-10H2;1-2,4H,3H2,(H,7,8). The number of thiophene rings is 1. The highest BCUT2D eigenvalue weighted by molar-refractivity contribution is 7.07. The average molecular weight is 324 g/mol. The first-order chi connectivity index (χ1) is 10.7. The molecule has 0 spiro atoms. The van der Waals surface area contributed by atoms with E-state index in [1.165, 1.54) is 75.5 Å². The van der Waals surface area contributed by atoms with Crippen molar-refractivity contribution in [3.05, 3.63) is 22.4 Å². The van der Waals surface area contributed by atoms with Crippen LogP contribution in [0, 0.1) is 0 Å². The van der Waals surface area contributed by atoms with Gasteiger partial charge in [-0.2, -0.15) is 11.3 Å². The summed E-state index contributed by atoms with van der Waals surface area (Å²) in [5.41, 5.74) is 0.819. The lowest BCUT2D eigenvalue weighted by Gasteiger charge is -2.27. The summed E-state index contributed by atoms with van der Waals surface area (Å²) < 4.78 is 0. The Morgan fingerprint density at radius 3 is 2.00 bits per heavy atom. The number of carbonyl (C=O) groups is 1. The van der Waals surface area contributed by atoms with E-state index < -0.39 is 5.97 Å². The molecule has 2 fully saturated rings. The van der Waals surface area contributed by atoms with Crippen LogP contribution in [-0.2, 0) is 11.2 Å². The van der Waals surface area contributed by atoms with Gasteiger partial charge in [0.15, 0.2) is 0 Å². The molecule has 1 aromatic rings. The maximum atomic E-state index is 9.96. The fourth-order valence-electron chi connectivity index (χ4n) is 3.60. The van der Waals surface area contributed by atoms with Crippen LogP contribution in [0.25, 0.3) is 0 Å². The molecule has 3 nitrogen and oxygen atoms in total. The highest BCUT2D eigenvalue weighted by atomic mass is 32.1. The zero-order valence-electron chi connectivity index (χ0n) is 13.5. The summed E-state index contributed by atoms with van der Waals surface area (Å²) in [4.78, 5) is 9.96. The number of quaternary nitrogens is 1. The molecule has 124 valence electrons. The van der Waals surface area contributed by atoms with Gasteiger partial charge in [-0.05, 0) is 73.8 Å². The van der Waals surface area contributed by atoms with Gasteiger partial charge in [-0.25, -0.2) is 0 Å². The second-order valence-electron chi connectivity index (χ2n) is 6.67. The first kappa shape index (κ1) is 17.5. The smallest absolute Gasteiger partial charge is 0.0861 e. The van der Waals surface area contributed by atoms with Crippen molar-refractivity contribution in [2.45, 2.75) is 82.7 Å². The molecule has 2 saturated carbocycles. The Morgan fingerprint density at radius 1 is 1.05 bits per heavy atom. The van der Waals surface area contributed by atoms with Gasteiger partial charge in [0.05, 0.1) is 12.1 Å². The normalized spacial score (nSPS) is 20.2. The van der Waals surface area contributed by atoms with E-state index in [2.05, 4.69) is 5.32 Å². The summed E-state index contributed by atoms with van der Waals surface area (Å²) in [6, 6.07) is 3.77. The highest BCUT2D eigenvalue weighted by Crippen LogP contribution is 2.18. The molecule has 0 radical (unpaired) electrons. The quantitative estimate of drug-likeness (QED) is 0.924. The van der Waals surface area contributed by atoms with Crippen LogP contribution in [0.4, 0.5) is 0 Å². The predicted octanol–water partition coefficient (Wildman–Crippen LogP) is 2.26. The third-order valence-electron chi connectivity index (χ3n) is 4.77. The summed E-state index contributed by atoms with van der Waals surface area (Å²) >= 11 is 1.49. The molecule has 1 aromatic heterocycles. The fourth-order valence-corrected chi connectivity index (χ4v) is 4.27. The minimum atomic E-state index is -1.02. The predicted molar refractivity (Wildman–Crippen MR) is 88.7 cm³/mol. The van der Waals surface area contributed by atoms with Crippen LogP contribution in [0.5, 0.6) is 0 Å². The van der Waals surface area contributed by atoms with Gasteiger partial charge in [0, 0.05) is 12.4 Å². The summed E-state index contributed by atoms with van der Waals surface area (Å²) in [7, 11) is 0. The molecule has 22 heavy (non-hydrogen) atoms. The van der Waals surface area contributed by atoms with Crippen molar-refractivity contribution < 1.29 is 15.2 Å². The fraction of sp³-hybridized carbons (Fsp3) is 0.722. The van der Waals surface area contributed by atoms with E-state index in [-0.39, 0.29) is 6.42 Å². The lowest BCUT2D eigenvalue weighted by molar-refractivity contribution is -0.725. The molecule has 0 bridgehead atoms. The number of carbonyl (C=O) groups excluding carboxylic acids is 1. The number of nitrogens with two attached hydrogens (primary N) is 1. The van der Waals surface area contributed by atoms with Crippen LogP contribution in [-0.4, -0.2) is 18.1 Å². The molecule has 0 aromatic carbocycles. The van der Waals surface area contributed by atoms with Crippen molar-refractivity contribution >= 4 is 17.3 Å². The lowest BCUT2D eigenvalue weighted by Crippen LogP contribution is -2.95. The highest BCUT2D eigenvalue weighted by Gasteiger charge is 2.22. The van der Waals surface area contributed by atoms with Crippen molar-refractivity contribution in [1.29, 1.82) is 0 Å². The van der Waals surface area contributed by atoms with E-state index in [0.29, 0.717) is 0 Å². The second kappa shape index (κ2) is 10.0. The van der Waals surface area contributed by atoms with Crippen LogP contribution in [0.2, 0.25) is 0 Å². The maximum absolute atomic E-state index is 9.96. The Labute approximate surface area is 138 Å². The Bertz CT molecular complexity index is 391. The van der Waals surface area contributed by atoms with E-state index in [4.69, 9.17) is 0 Å². The van der Waals surface area contributed by atoms with Crippen LogP contribution in [0.3, 0.4) is 0 Å². The number of aliphatic carboxylic acids is 1. The van der Waals surface area contributed by atoms with Gasteiger partial charge in [0.1, 0.15) is 0 Å². The van der Waals surface area contributed by atoms with E-state index in [9.17, 15) is 9.90 Å². The number of rotatable bonds is 4. The van der Waals surface area contributed by atoms with Gasteiger partial charge in [-0.1, -0.05) is 12.8 Å². The van der Waals surface area contributed by atoms with Crippen LogP contribution < -0.4 is 10.4 Å². The van der Waals surface area contributed by atoms with Gasteiger partial charge in [0.2, 0.25) is 0 Å². The zero-order chi connectivity index (χ0) is 15.6. The topological polar surface area (TPSA) is 56.7 Å². The largest absolute Gasteiger partial charge is 0.550 e. The van der Waals surface area contributed by atoms with E-state index in [0.717, 1.165) is 17.6 Å². The van der Waals surface area contributed by atoms with Crippen molar-refractivity contribution in [2.24, 2.45) is 0 Å². The lowest BCUT2D eigenvalue weighted by atomic mass is 9.91. The summed E-state index contributed by atoms with van der Waals surface area (Å²) in [5, 5.41) is 16.3. The van der Waals surface area contributed by atoms with Crippen LogP contribution in [0.1, 0.15) is 69.8 Å². The third-order valence-corrected chi connectivity index (χ3v) is 5.50. The molecule has 1 heterocycles. The molecule has 2 N–H and O–H groups in total. The SMILES string of the molecule is C1CCC([NH2+]C2CCCCC2)CC1.O=C([O-])Cc1ccsc1. The molecular formula is C18H29NO2S. The first-order valence-electron chi connectivity index (χ1n) is 8.80. The summed E-state index contributed by atoms with van der Waals surface area (Å²) in [5.74, 6) is -1.02. The number of hydrogen-bond acceptors (Lipinski definition) is 3. The summed E-state index contributed by atoms with van der Waals surface area (Å²) in [6.07, 6.45) is 15.0. The van der Waals surface area contributed by atoms with E-state index in [1.54, 1.807) is 11.4 Å². The Morgan fingerprint density at radius 2 is 1.59 bits per heavy atom. The van der Waals surface area contributed by atoms with Crippen LogP contribution in [0.15, 0.2) is 16.8 Å². The molecule has 2 aliphatic rings. The molecule has 0 amide bonds. The van der Waals surface area contributed by atoms with Gasteiger partial charge in [0.25, 0.3) is 0 Å². The molecule has 0 aliphatic heterocycles. The molecule has 0 saturated heterocycles. The average Bonchev–Trinajstić information content (AvgIpc) is 3.02. The van der Waals surface area contributed by atoms with Crippen molar-refractivity contribution in [3.8, 4) is 0 Å². The van der Waals surface area contributed by atoms with E-state index >= 15 is 0 Å². The van der Waals surface area contributed by atoms with E-state index in [1.807, 2.05) is 5.38 Å². The second-order valence-corrected chi connectivity index (χ2v) is 7.45. The zero-order valence-corrected chi connectivity index (χ0v) is 14.3. The number of carboxylic acids is 1. The third kappa shape index (κ3) is 6.93. The van der Waals surface area contributed by atoms with Crippen molar-refractivity contribution in [2.75, 3.05) is 0 Å². The van der Waals surface area contributed by atoms with Crippen molar-refractivity contribution in [3.63, 3.8) is 0 Å². The summed E-state index contributed by atoms with van der Waals surface area (Å²) in [6.45, 7) is 0. The minimum Gasteiger partial charge on any atom is -0.550 e. The molecule has 0 unspecified atom stereocenters. The first-order valence-corrected chi connectivity index (χ1v) is 9.74. The van der Waals surface area contributed by atoms with Gasteiger partial charge in [-0.15, -0.1) is 0 Å². The van der Waals surface area contributed by atoms with Crippen molar-refractivity contribution in [1.82, 2.24) is 0 Å². The molecular weight excluding hydrogens is 294 g/mol. The molecule has 3 rings (SSSR count). The maximum Gasteiger partial charge on any atom is 0.0861 e. The number of hydrogen-bond donors (Lipinski definition) is 1. The number of carboxylic acid groups (broad SMARTS) is 1. The molecule has 4 heteroatoms. The Kier molecular flexibility index (Phi) is 7.95.